The van der Waals surface area contributed by atoms with E-state index in [1.54, 1.807) is 7.05 Å². The third-order valence-corrected chi connectivity index (χ3v) is 3.19. The smallest absolute Gasteiger partial charge is 0.219 e. The molecule has 0 saturated heterocycles. The molecule has 2 rings (SSSR count). The van der Waals surface area contributed by atoms with Crippen molar-refractivity contribution in [2.45, 2.75) is 45.1 Å². The standard InChI is InChI=1S/C12H19N3O/c1-13-12(16)7-4-8-15-9-14-10-5-2-3-6-11(10)15/h9H,2-8H2,1H3,(H,13,16). The third kappa shape index (κ3) is 2.43. The van der Waals surface area contributed by atoms with Gasteiger partial charge in [-0.25, -0.2) is 4.98 Å². The van der Waals surface area contributed by atoms with Gasteiger partial charge in [-0.3, -0.25) is 4.79 Å². The quantitative estimate of drug-likeness (QED) is 0.832. The highest BCUT2D eigenvalue weighted by molar-refractivity contribution is 5.75. The Kier molecular flexibility index (Phi) is 3.59. The van der Waals surface area contributed by atoms with Crippen LogP contribution in [0.15, 0.2) is 6.33 Å². The number of imidazole rings is 1. The van der Waals surface area contributed by atoms with Crippen LogP contribution in [0.1, 0.15) is 37.1 Å². The largest absolute Gasteiger partial charge is 0.359 e. The molecule has 1 aliphatic rings. The first-order valence-corrected chi connectivity index (χ1v) is 6.04. The fraction of sp³-hybridized carbons (Fsp3) is 0.667. The fourth-order valence-electron chi connectivity index (χ4n) is 2.26. The number of fused-ring (bicyclic) bond motifs is 1. The van der Waals surface area contributed by atoms with Gasteiger partial charge < -0.3 is 9.88 Å². The lowest BCUT2D eigenvalue weighted by molar-refractivity contribution is -0.120. The van der Waals surface area contributed by atoms with Gasteiger partial charge in [-0.05, 0) is 32.1 Å². The lowest BCUT2D eigenvalue weighted by atomic mass is 10.0. The number of nitrogens with zero attached hydrogens (tertiary/aromatic N) is 2. The zero-order valence-electron chi connectivity index (χ0n) is 9.83. The number of carbonyl (C=O) groups is 1. The van der Waals surface area contributed by atoms with Crippen LogP contribution in [0, 0.1) is 0 Å². The zero-order chi connectivity index (χ0) is 11.4. The molecule has 0 bridgehead atoms. The number of nitrogens with one attached hydrogen (secondary N) is 1. The summed E-state index contributed by atoms with van der Waals surface area (Å²) in [5.74, 6) is 0.119. The summed E-state index contributed by atoms with van der Waals surface area (Å²) in [5, 5.41) is 2.64. The summed E-state index contributed by atoms with van der Waals surface area (Å²) < 4.78 is 2.22. The van der Waals surface area contributed by atoms with E-state index in [-0.39, 0.29) is 5.91 Å². The summed E-state index contributed by atoms with van der Waals surface area (Å²) in [7, 11) is 1.68. The molecule has 0 saturated carbocycles. The van der Waals surface area contributed by atoms with Crippen molar-refractivity contribution in [3.05, 3.63) is 17.7 Å². The van der Waals surface area contributed by atoms with Gasteiger partial charge in [0.1, 0.15) is 0 Å². The summed E-state index contributed by atoms with van der Waals surface area (Å²) in [6, 6.07) is 0. The monoisotopic (exact) mass is 221 g/mol. The Balaban J connectivity index is 1.89. The van der Waals surface area contributed by atoms with Crippen molar-refractivity contribution in [1.82, 2.24) is 14.9 Å². The van der Waals surface area contributed by atoms with E-state index in [1.165, 1.54) is 24.2 Å². The highest BCUT2D eigenvalue weighted by atomic mass is 16.1. The molecular formula is C12H19N3O. The molecule has 1 amide bonds. The van der Waals surface area contributed by atoms with Crippen LogP contribution < -0.4 is 5.32 Å². The maximum atomic E-state index is 11.1. The second kappa shape index (κ2) is 5.14. The molecular weight excluding hydrogens is 202 g/mol. The van der Waals surface area contributed by atoms with Gasteiger partial charge in [-0.1, -0.05) is 0 Å². The summed E-state index contributed by atoms with van der Waals surface area (Å²) in [6.07, 6.45) is 8.23. The third-order valence-electron chi connectivity index (χ3n) is 3.19. The SMILES string of the molecule is CNC(=O)CCCn1cnc2c1CCCC2. The van der Waals surface area contributed by atoms with Crippen molar-refractivity contribution in [2.24, 2.45) is 0 Å². The highest BCUT2D eigenvalue weighted by Crippen LogP contribution is 2.20. The molecule has 0 atom stereocenters. The first-order valence-electron chi connectivity index (χ1n) is 6.04. The Hall–Kier alpha value is -1.32. The summed E-state index contributed by atoms with van der Waals surface area (Å²) >= 11 is 0. The molecule has 0 radical (unpaired) electrons. The Morgan fingerprint density at radius 1 is 1.50 bits per heavy atom. The highest BCUT2D eigenvalue weighted by Gasteiger charge is 2.14. The summed E-state index contributed by atoms with van der Waals surface area (Å²) in [4.78, 5) is 15.5. The zero-order valence-corrected chi connectivity index (χ0v) is 9.83. The van der Waals surface area contributed by atoms with E-state index in [0.717, 1.165) is 25.8 Å². The molecule has 16 heavy (non-hydrogen) atoms. The molecule has 1 heterocycles. The maximum Gasteiger partial charge on any atom is 0.219 e. The van der Waals surface area contributed by atoms with Crippen LogP contribution in [0.3, 0.4) is 0 Å². The maximum absolute atomic E-state index is 11.1. The number of carbonyl (C=O) groups excluding carboxylic acids is 1. The molecule has 1 aliphatic carbocycles. The Morgan fingerprint density at radius 2 is 2.31 bits per heavy atom. The van der Waals surface area contributed by atoms with Gasteiger partial charge in [-0.15, -0.1) is 0 Å². The Bertz CT molecular complexity index is 370. The van der Waals surface area contributed by atoms with Crippen LogP contribution in [-0.2, 0) is 24.2 Å². The van der Waals surface area contributed by atoms with Gasteiger partial charge >= 0.3 is 0 Å². The normalized spacial score (nSPS) is 14.6. The van der Waals surface area contributed by atoms with Crippen LogP contribution in [0.5, 0.6) is 0 Å². The molecule has 1 N–H and O–H groups in total. The van der Waals surface area contributed by atoms with E-state index >= 15 is 0 Å². The minimum Gasteiger partial charge on any atom is -0.359 e. The molecule has 88 valence electrons. The van der Waals surface area contributed by atoms with E-state index in [0.29, 0.717) is 6.42 Å². The van der Waals surface area contributed by atoms with Crippen LogP contribution in [0.25, 0.3) is 0 Å². The molecule has 0 spiro atoms. The van der Waals surface area contributed by atoms with Crippen LogP contribution in [0.2, 0.25) is 0 Å². The first-order chi connectivity index (χ1) is 7.81. The van der Waals surface area contributed by atoms with Gasteiger partial charge in [-0.2, -0.15) is 0 Å². The molecule has 1 aromatic heterocycles. The van der Waals surface area contributed by atoms with Crippen molar-refractivity contribution in [3.8, 4) is 0 Å². The van der Waals surface area contributed by atoms with Crippen LogP contribution >= 0.6 is 0 Å². The van der Waals surface area contributed by atoms with Crippen molar-refractivity contribution in [3.63, 3.8) is 0 Å². The predicted molar refractivity (Wildman–Crippen MR) is 62.2 cm³/mol. The van der Waals surface area contributed by atoms with E-state index in [9.17, 15) is 4.79 Å². The van der Waals surface area contributed by atoms with Crippen molar-refractivity contribution >= 4 is 5.91 Å². The van der Waals surface area contributed by atoms with Crippen LogP contribution in [-0.4, -0.2) is 22.5 Å². The molecule has 4 nitrogen and oxygen atoms in total. The molecule has 0 aromatic carbocycles. The van der Waals surface area contributed by atoms with Gasteiger partial charge in [0.05, 0.1) is 12.0 Å². The summed E-state index contributed by atoms with van der Waals surface area (Å²) in [5.41, 5.74) is 2.66. The van der Waals surface area contributed by atoms with E-state index in [4.69, 9.17) is 0 Å². The van der Waals surface area contributed by atoms with Gasteiger partial charge in [0.25, 0.3) is 0 Å². The lowest BCUT2D eigenvalue weighted by Gasteiger charge is -2.13. The number of amides is 1. The molecule has 0 aliphatic heterocycles. The van der Waals surface area contributed by atoms with Gasteiger partial charge in [0.2, 0.25) is 5.91 Å². The number of hydrogen-bond donors (Lipinski definition) is 1. The van der Waals surface area contributed by atoms with E-state index in [2.05, 4.69) is 14.9 Å². The van der Waals surface area contributed by atoms with Crippen molar-refractivity contribution in [2.75, 3.05) is 7.05 Å². The average molecular weight is 221 g/mol. The van der Waals surface area contributed by atoms with Gasteiger partial charge in [0, 0.05) is 25.7 Å². The molecule has 4 heteroatoms. The Morgan fingerprint density at radius 3 is 3.12 bits per heavy atom. The number of aromatic nitrogens is 2. The lowest BCUT2D eigenvalue weighted by Crippen LogP contribution is -2.18. The predicted octanol–water partition coefficient (Wildman–Crippen LogP) is 1.29. The Labute approximate surface area is 96.1 Å². The number of rotatable bonds is 4. The first kappa shape index (κ1) is 11.2. The van der Waals surface area contributed by atoms with Crippen molar-refractivity contribution < 1.29 is 4.79 Å². The van der Waals surface area contributed by atoms with E-state index < -0.39 is 0 Å². The fourth-order valence-corrected chi connectivity index (χ4v) is 2.26. The van der Waals surface area contributed by atoms with Crippen LogP contribution in [0.4, 0.5) is 0 Å². The molecule has 0 fully saturated rings. The van der Waals surface area contributed by atoms with Crippen molar-refractivity contribution in [1.29, 1.82) is 0 Å². The molecule has 0 unspecified atom stereocenters. The number of aryl methyl sites for hydroxylation is 2. The summed E-state index contributed by atoms with van der Waals surface area (Å²) in [6.45, 7) is 0.912. The topological polar surface area (TPSA) is 46.9 Å². The van der Waals surface area contributed by atoms with Gasteiger partial charge in [0.15, 0.2) is 0 Å². The number of hydrogen-bond acceptors (Lipinski definition) is 2. The second-order valence-corrected chi connectivity index (χ2v) is 4.32. The minimum absolute atomic E-state index is 0.119. The second-order valence-electron chi connectivity index (χ2n) is 4.32. The average Bonchev–Trinajstić information content (AvgIpc) is 2.73. The van der Waals surface area contributed by atoms with E-state index in [1.807, 2.05) is 6.33 Å². The molecule has 1 aromatic rings. The minimum atomic E-state index is 0.119.